The normalized spacial score (nSPS) is 13.6. The number of nitrogens with one attached hydrogen (secondary N) is 1. The van der Waals surface area contributed by atoms with Crippen LogP contribution in [0.15, 0.2) is 30.3 Å². The molecule has 0 radical (unpaired) electrons. The lowest BCUT2D eigenvalue weighted by Gasteiger charge is -2.11. The zero-order valence-electron chi connectivity index (χ0n) is 9.51. The molecular weight excluding hydrogens is 226 g/mol. The van der Waals surface area contributed by atoms with Gasteiger partial charge in [-0.2, -0.15) is 0 Å². The molecule has 0 spiro atoms. The van der Waals surface area contributed by atoms with Crippen LogP contribution in [0.1, 0.15) is 12.5 Å². The Labute approximate surface area is 96.7 Å². The summed E-state index contributed by atoms with van der Waals surface area (Å²) in [7, 11) is -1.77. The van der Waals surface area contributed by atoms with E-state index in [1.54, 1.807) is 6.92 Å². The van der Waals surface area contributed by atoms with Crippen LogP contribution in [0.25, 0.3) is 0 Å². The minimum atomic E-state index is -3.27. The van der Waals surface area contributed by atoms with Crippen molar-refractivity contribution in [2.24, 2.45) is 0 Å². The van der Waals surface area contributed by atoms with Crippen molar-refractivity contribution >= 4 is 10.0 Å². The lowest BCUT2D eigenvalue weighted by Crippen LogP contribution is -2.31. The summed E-state index contributed by atoms with van der Waals surface area (Å²) in [6.07, 6.45) is -0.298. The van der Waals surface area contributed by atoms with Crippen molar-refractivity contribution in [3.8, 4) is 0 Å². The van der Waals surface area contributed by atoms with Crippen LogP contribution in [0.3, 0.4) is 0 Å². The maximum atomic E-state index is 11.6. The highest BCUT2D eigenvalue weighted by molar-refractivity contribution is 7.89. The van der Waals surface area contributed by atoms with Gasteiger partial charge < -0.3 is 4.74 Å². The Morgan fingerprint density at radius 2 is 1.94 bits per heavy atom. The standard InChI is InChI=1S/C11H17NO3S/c1-10(15-2)9-16(13,14)12-8-11-6-4-3-5-7-11/h3-7,10,12H,8-9H2,1-2H3/t10-/m1/s1. The lowest BCUT2D eigenvalue weighted by atomic mass is 10.2. The van der Waals surface area contributed by atoms with E-state index in [4.69, 9.17) is 4.74 Å². The first kappa shape index (κ1) is 13.2. The number of benzene rings is 1. The molecule has 4 nitrogen and oxygen atoms in total. The predicted molar refractivity (Wildman–Crippen MR) is 63.5 cm³/mol. The van der Waals surface area contributed by atoms with Crippen LogP contribution < -0.4 is 4.72 Å². The zero-order valence-corrected chi connectivity index (χ0v) is 10.3. The van der Waals surface area contributed by atoms with Crippen molar-refractivity contribution in [2.45, 2.75) is 19.6 Å². The molecule has 0 aliphatic rings. The monoisotopic (exact) mass is 243 g/mol. The van der Waals surface area contributed by atoms with Gasteiger partial charge in [-0.25, -0.2) is 13.1 Å². The van der Waals surface area contributed by atoms with Crippen LogP contribution in [0.4, 0.5) is 0 Å². The average molecular weight is 243 g/mol. The van der Waals surface area contributed by atoms with Crippen molar-refractivity contribution < 1.29 is 13.2 Å². The maximum Gasteiger partial charge on any atom is 0.214 e. The molecule has 0 fully saturated rings. The Morgan fingerprint density at radius 3 is 2.50 bits per heavy atom. The van der Waals surface area contributed by atoms with Crippen molar-refractivity contribution in [3.05, 3.63) is 35.9 Å². The van der Waals surface area contributed by atoms with E-state index in [1.165, 1.54) is 7.11 Å². The third-order valence-corrected chi connectivity index (χ3v) is 3.69. The molecule has 1 aromatic rings. The molecule has 0 amide bonds. The minimum absolute atomic E-state index is 0.0175. The number of rotatable bonds is 6. The molecule has 0 saturated carbocycles. The van der Waals surface area contributed by atoms with Crippen LogP contribution in [-0.2, 0) is 21.3 Å². The molecule has 0 heterocycles. The molecule has 0 saturated heterocycles. The van der Waals surface area contributed by atoms with Gasteiger partial charge in [0.2, 0.25) is 10.0 Å². The molecule has 1 N–H and O–H groups in total. The number of ether oxygens (including phenoxy) is 1. The molecule has 0 aliphatic heterocycles. The molecule has 1 atom stereocenters. The number of hydrogen-bond donors (Lipinski definition) is 1. The van der Waals surface area contributed by atoms with E-state index in [0.717, 1.165) is 5.56 Å². The van der Waals surface area contributed by atoms with Crippen LogP contribution in [0.5, 0.6) is 0 Å². The highest BCUT2D eigenvalue weighted by Gasteiger charge is 2.14. The number of methoxy groups -OCH3 is 1. The summed E-state index contributed by atoms with van der Waals surface area (Å²) in [5.74, 6) is -0.0175. The number of hydrogen-bond acceptors (Lipinski definition) is 3. The summed E-state index contributed by atoms with van der Waals surface area (Å²) in [4.78, 5) is 0. The van der Waals surface area contributed by atoms with E-state index in [0.29, 0.717) is 6.54 Å². The van der Waals surface area contributed by atoms with Gasteiger partial charge in [-0.15, -0.1) is 0 Å². The molecule has 0 bridgehead atoms. The Morgan fingerprint density at radius 1 is 1.31 bits per heavy atom. The predicted octanol–water partition coefficient (Wildman–Crippen LogP) is 1.14. The highest BCUT2D eigenvalue weighted by atomic mass is 32.2. The molecule has 1 rings (SSSR count). The van der Waals surface area contributed by atoms with Gasteiger partial charge in [-0.1, -0.05) is 30.3 Å². The minimum Gasteiger partial charge on any atom is -0.381 e. The van der Waals surface area contributed by atoms with Gasteiger partial charge in [0.05, 0.1) is 11.9 Å². The van der Waals surface area contributed by atoms with Crippen LogP contribution in [-0.4, -0.2) is 27.4 Å². The van der Waals surface area contributed by atoms with Crippen LogP contribution >= 0.6 is 0 Å². The fourth-order valence-corrected chi connectivity index (χ4v) is 2.48. The maximum absolute atomic E-state index is 11.6. The lowest BCUT2D eigenvalue weighted by molar-refractivity contribution is 0.136. The molecular formula is C11H17NO3S. The molecule has 16 heavy (non-hydrogen) atoms. The fraction of sp³-hybridized carbons (Fsp3) is 0.455. The van der Waals surface area contributed by atoms with Gasteiger partial charge in [-0.05, 0) is 12.5 Å². The third kappa shape index (κ3) is 4.74. The molecule has 0 aromatic heterocycles. The molecule has 5 heteroatoms. The Bertz CT molecular complexity index is 402. The largest absolute Gasteiger partial charge is 0.381 e. The smallest absolute Gasteiger partial charge is 0.214 e. The van der Waals surface area contributed by atoms with E-state index in [-0.39, 0.29) is 11.9 Å². The topological polar surface area (TPSA) is 55.4 Å². The van der Waals surface area contributed by atoms with E-state index in [1.807, 2.05) is 30.3 Å². The van der Waals surface area contributed by atoms with E-state index >= 15 is 0 Å². The van der Waals surface area contributed by atoms with Crippen molar-refractivity contribution in [1.82, 2.24) is 4.72 Å². The van der Waals surface area contributed by atoms with E-state index in [9.17, 15) is 8.42 Å². The van der Waals surface area contributed by atoms with Crippen LogP contribution in [0, 0.1) is 0 Å². The summed E-state index contributed by atoms with van der Waals surface area (Å²) >= 11 is 0. The van der Waals surface area contributed by atoms with Crippen LogP contribution in [0.2, 0.25) is 0 Å². The molecule has 90 valence electrons. The molecule has 0 unspecified atom stereocenters. The summed E-state index contributed by atoms with van der Waals surface area (Å²) in [5, 5.41) is 0. The first-order valence-electron chi connectivity index (χ1n) is 5.07. The van der Waals surface area contributed by atoms with E-state index < -0.39 is 10.0 Å². The van der Waals surface area contributed by atoms with E-state index in [2.05, 4.69) is 4.72 Å². The first-order valence-corrected chi connectivity index (χ1v) is 6.73. The Kier molecular flexibility index (Phi) is 4.92. The zero-order chi connectivity index (χ0) is 12.0. The summed E-state index contributed by atoms with van der Waals surface area (Å²) in [6.45, 7) is 2.04. The summed E-state index contributed by atoms with van der Waals surface area (Å²) in [5.41, 5.74) is 0.941. The van der Waals surface area contributed by atoms with Gasteiger partial charge in [-0.3, -0.25) is 0 Å². The van der Waals surface area contributed by atoms with Crippen molar-refractivity contribution in [1.29, 1.82) is 0 Å². The SMILES string of the molecule is CO[C@H](C)CS(=O)(=O)NCc1ccccc1. The molecule has 0 aliphatic carbocycles. The Hall–Kier alpha value is -0.910. The van der Waals surface area contributed by atoms with Crippen molar-refractivity contribution in [3.63, 3.8) is 0 Å². The molecule has 1 aromatic carbocycles. The van der Waals surface area contributed by atoms with Crippen molar-refractivity contribution in [2.75, 3.05) is 12.9 Å². The van der Waals surface area contributed by atoms with Gasteiger partial charge >= 0.3 is 0 Å². The highest BCUT2D eigenvalue weighted by Crippen LogP contribution is 2.00. The quantitative estimate of drug-likeness (QED) is 0.815. The number of sulfonamides is 1. The van der Waals surface area contributed by atoms with Gasteiger partial charge in [0.1, 0.15) is 0 Å². The average Bonchev–Trinajstić information content (AvgIpc) is 2.27. The Balaban J connectivity index is 2.49. The second-order valence-electron chi connectivity index (χ2n) is 3.63. The second kappa shape index (κ2) is 5.98. The fourth-order valence-electron chi connectivity index (χ4n) is 1.23. The second-order valence-corrected chi connectivity index (χ2v) is 5.49. The summed E-state index contributed by atoms with van der Waals surface area (Å²) in [6, 6.07) is 9.40. The van der Waals surface area contributed by atoms with Gasteiger partial charge in [0.25, 0.3) is 0 Å². The van der Waals surface area contributed by atoms with Gasteiger partial charge in [0.15, 0.2) is 0 Å². The summed E-state index contributed by atoms with van der Waals surface area (Å²) < 4.78 is 30.6. The third-order valence-electron chi connectivity index (χ3n) is 2.20. The van der Waals surface area contributed by atoms with Gasteiger partial charge in [0, 0.05) is 13.7 Å². The first-order chi connectivity index (χ1) is 7.53.